The van der Waals surface area contributed by atoms with Gasteiger partial charge in [0.15, 0.2) is 0 Å². The zero-order chi connectivity index (χ0) is 11.7. The van der Waals surface area contributed by atoms with Crippen molar-refractivity contribution in [1.82, 2.24) is 4.90 Å². The number of nitrogens with two attached hydrogens (primary N) is 1. The van der Waals surface area contributed by atoms with E-state index in [0.717, 1.165) is 19.4 Å². The van der Waals surface area contributed by atoms with E-state index in [1.165, 1.54) is 25.8 Å². The lowest BCUT2D eigenvalue weighted by Crippen LogP contribution is -2.33. The van der Waals surface area contributed by atoms with Gasteiger partial charge in [-0.15, -0.1) is 0 Å². The van der Waals surface area contributed by atoms with Crippen LogP contribution < -0.4 is 5.73 Å². The van der Waals surface area contributed by atoms with Crippen molar-refractivity contribution in [1.29, 1.82) is 0 Å². The third-order valence-electron chi connectivity index (χ3n) is 2.65. The van der Waals surface area contributed by atoms with Crippen molar-refractivity contribution >= 4 is 17.2 Å². The van der Waals surface area contributed by atoms with Crippen molar-refractivity contribution in [3.05, 3.63) is 0 Å². The Morgan fingerprint density at radius 3 is 2.27 bits per heavy atom. The minimum Gasteiger partial charge on any atom is -0.393 e. The normalized spacial score (nSPS) is 11.3. The molecule has 0 rings (SSSR count). The molecule has 0 unspecified atom stereocenters. The number of thiocarbonyl (C=S) groups is 1. The summed E-state index contributed by atoms with van der Waals surface area (Å²) < 4.78 is 0. The van der Waals surface area contributed by atoms with Gasteiger partial charge in [-0.3, -0.25) is 0 Å². The molecular formula is C12H26N2S. The number of unbranched alkanes of at least 4 members (excludes halogenated alkanes) is 2. The van der Waals surface area contributed by atoms with Crippen molar-refractivity contribution in [3.63, 3.8) is 0 Å². The molecule has 15 heavy (non-hydrogen) atoms. The lowest BCUT2D eigenvalue weighted by molar-refractivity contribution is 0.216. The van der Waals surface area contributed by atoms with E-state index in [0.29, 0.717) is 11.0 Å². The van der Waals surface area contributed by atoms with Gasteiger partial charge in [0.05, 0.1) is 4.99 Å². The van der Waals surface area contributed by atoms with Crippen LogP contribution in [0.15, 0.2) is 0 Å². The first kappa shape index (κ1) is 14.8. The summed E-state index contributed by atoms with van der Waals surface area (Å²) in [5, 5.41) is 0. The Kier molecular flexibility index (Phi) is 9.01. The quantitative estimate of drug-likeness (QED) is 0.488. The summed E-state index contributed by atoms with van der Waals surface area (Å²) in [6, 6.07) is 0.633. The van der Waals surface area contributed by atoms with Gasteiger partial charge in [-0.05, 0) is 46.2 Å². The molecule has 0 aliphatic heterocycles. The Bertz CT molecular complexity index is 169. The van der Waals surface area contributed by atoms with Gasteiger partial charge in [0.1, 0.15) is 0 Å². The van der Waals surface area contributed by atoms with Gasteiger partial charge in [0.2, 0.25) is 0 Å². The molecule has 0 atom stereocenters. The van der Waals surface area contributed by atoms with Gasteiger partial charge < -0.3 is 10.6 Å². The minimum atomic E-state index is 0.633. The highest BCUT2D eigenvalue weighted by molar-refractivity contribution is 7.80. The Morgan fingerprint density at radius 2 is 1.80 bits per heavy atom. The molecule has 0 aromatic carbocycles. The molecule has 0 radical (unpaired) electrons. The molecule has 0 aromatic heterocycles. The molecule has 0 spiro atoms. The second-order valence-corrected chi connectivity index (χ2v) is 4.93. The highest BCUT2D eigenvalue weighted by atomic mass is 32.1. The summed E-state index contributed by atoms with van der Waals surface area (Å²) in [7, 11) is 0. The van der Waals surface area contributed by atoms with E-state index in [1.807, 2.05) is 0 Å². The summed E-state index contributed by atoms with van der Waals surface area (Å²) in [6.07, 6.45) is 5.91. The minimum absolute atomic E-state index is 0.633. The molecule has 0 aromatic rings. The van der Waals surface area contributed by atoms with Gasteiger partial charge in [-0.1, -0.05) is 32.0 Å². The molecule has 0 fully saturated rings. The predicted octanol–water partition coefficient (Wildman–Crippen LogP) is 2.95. The SMILES string of the molecule is CCCCCN(CCCC(N)=S)C(C)C. The average molecular weight is 230 g/mol. The fraction of sp³-hybridized carbons (Fsp3) is 0.917. The van der Waals surface area contributed by atoms with E-state index in [9.17, 15) is 0 Å². The molecule has 3 heteroatoms. The van der Waals surface area contributed by atoms with Crippen molar-refractivity contribution in [2.24, 2.45) is 5.73 Å². The number of hydrogen-bond donors (Lipinski definition) is 1. The van der Waals surface area contributed by atoms with E-state index in [4.69, 9.17) is 18.0 Å². The Labute approximate surface area is 100 Å². The standard InChI is InChI=1S/C12H26N2S/c1-4-5-6-9-14(11(2)3)10-7-8-12(13)15/h11H,4-10H2,1-3H3,(H2,13,15). The summed E-state index contributed by atoms with van der Waals surface area (Å²) in [5.74, 6) is 0. The lowest BCUT2D eigenvalue weighted by Gasteiger charge is -2.26. The fourth-order valence-corrected chi connectivity index (χ4v) is 1.79. The van der Waals surface area contributed by atoms with Gasteiger partial charge in [-0.25, -0.2) is 0 Å². The summed E-state index contributed by atoms with van der Waals surface area (Å²) in [4.78, 5) is 3.17. The highest BCUT2D eigenvalue weighted by Gasteiger charge is 2.08. The van der Waals surface area contributed by atoms with Crippen LogP contribution in [-0.2, 0) is 0 Å². The molecule has 2 N–H and O–H groups in total. The third-order valence-corrected chi connectivity index (χ3v) is 2.85. The van der Waals surface area contributed by atoms with Crippen molar-refractivity contribution < 1.29 is 0 Å². The average Bonchev–Trinajstić information content (AvgIpc) is 2.15. The van der Waals surface area contributed by atoms with Gasteiger partial charge in [0.25, 0.3) is 0 Å². The first-order valence-electron chi connectivity index (χ1n) is 6.10. The van der Waals surface area contributed by atoms with E-state index in [1.54, 1.807) is 0 Å². The summed E-state index contributed by atoms with van der Waals surface area (Å²) >= 11 is 4.88. The maximum atomic E-state index is 5.49. The number of rotatable bonds is 9. The summed E-state index contributed by atoms with van der Waals surface area (Å²) in [6.45, 7) is 9.09. The topological polar surface area (TPSA) is 29.3 Å². The number of nitrogens with zero attached hydrogens (tertiary/aromatic N) is 1. The van der Waals surface area contributed by atoms with Crippen LogP contribution >= 0.6 is 12.2 Å². The third kappa shape index (κ3) is 8.82. The lowest BCUT2D eigenvalue weighted by atomic mass is 10.2. The van der Waals surface area contributed by atoms with Gasteiger partial charge >= 0.3 is 0 Å². The monoisotopic (exact) mass is 230 g/mol. The molecule has 0 aliphatic carbocycles. The molecule has 0 saturated heterocycles. The Hall–Kier alpha value is -0.150. The molecule has 0 amide bonds. The first-order valence-corrected chi connectivity index (χ1v) is 6.51. The van der Waals surface area contributed by atoms with Crippen molar-refractivity contribution in [3.8, 4) is 0 Å². The van der Waals surface area contributed by atoms with E-state index < -0.39 is 0 Å². The van der Waals surface area contributed by atoms with E-state index in [2.05, 4.69) is 25.7 Å². The Morgan fingerprint density at radius 1 is 1.20 bits per heavy atom. The van der Waals surface area contributed by atoms with Crippen LogP contribution in [0.2, 0.25) is 0 Å². The van der Waals surface area contributed by atoms with Crippen LogP contribution in [0.4, 0.5) is 0 Å². The molecule has 0 heterocycles. The second-order valence-electron chi connectivity index (χ2n) is 4.41. The fourth-order valence-electron chi connectivity index (χ4n) is 1.65. The van der Waals surface area contributed by atoms with Crippen molar-refractivity contribution in [2.45, 2.75) is 58.9 Å². The van der Waals surface area contributed by atoms with Crippen LogP contribution in [-0.4, -0.2) is 29.0 Å². The molecule has 0 saturated carbocycles. The molecule has 2 nitrogen and oxygen atoms in total. The van der Waals surface area contributed by atoms with Crippen LogP contribution in [0.5, 0.6) is 0 Å². The smallest absolute Gasteiger partial charge is 0.0727 e. The molecule has 0 aliphatic rings. The van der Waals surface area contributed by atoms with Gasteiger partial charge in [0, 0.05) is 6.04 Å². The zero-order valence-corrected chi connectivity index (χ0v) is 11.3. The highest BCUT2D eigenvalue weighted by Crippen LogP contribution is 2.05. The van der Waals surface area contributed by atoms with E-state index in [-0.39, 0.29) is 0 Å². The largest absolute Gasteiger partial charge is 0.393 e. The molecule has 90 valence electrons. The second kappa shape index (κ2) is 9.10. The zero-order valence-electron chi connectivity index (χ0n) is 10.5. The van der Waals surface area contributed by atoms with Crippen LogP contribution in [0.3, 0.4) is 0 Å². The van der Waals surface area contributed by atoms with Crippen LogP contribution in [0.1, 0.15) is 52.9 Å². The van der Waals surface area contributed by atoms with E-state index >= 15 is 0 Å². The maximum absolute atomic E-state index is 5.49. The number of hydrogen-bond acceptors (Lipinski definition) is 2. The van der Waals surface area contributed by atoms with Crippen molar-refractivity contribution in [2.75, 3.05) is 13.1 Å². The first-order chi connectivity index (χ1) is 7.07. The molecular weight excluding hydrogens is 204 g/mol. The van der Waals surface area contributed by atoms with Crippen LogP contribution in [0.25, 0.3) is 0 Å². The summed E-state index contributed by atoms with van der Waals surface area (Å²) in [5.41, 5.74) is 5.49. The maximum Gasteiger partial charge on any atom is 0.0727 e. The molecule has 0 bridgehead atoms. The van der Waals surface area contributed by atoms with Crippen LogP contribution in [0, 0.1) is 0 Å². The Balaban J connectivity index is 3.68. The van der Waals surface area contributed by atoms with Gasteiger partial charge in [-0.2, -0.15) is 0 Å². The predicted molar refractivity (Wildman–Crippen MR) is 72.3 cm³/mol.